The highest BCUT2D eigenvalue weighted by Gasteiger charge is 2.20. The molecule has 0 saturated carbocycles. The lowest BCUT2D eigenvalue weighted by molar-refractivity contribution is 0.198. The second-order valence-electron chi connectivity index (χ2n) is 6.24. The maximum Gasteiger partial charge on any atom is 0.191 e. The third kappa shape index (κ3) is 6.24. The van der Waals surface area contributed by atoms with E-state index < -0.39 is 0 Å². The first-order chi connectivity index (χ1) is 12.2. The van der Waals surface area contributed by atoms with E-state index in [0.29, 0.717) is 12.6 Å². The normalized spacial score (nSPS) is 16.2. The molecule has 1 saturated heterocycles. The quantitative estimate of drug-likeness (QED) is 0.397. The lowest BCUT2D eigenvalue weighted by atomic mass is 10.0. The van der Waals surface area contributed by atoms with Gasteiger partial charge in [-0.3, -0.25) is 9.89 Å². The lowest BCUT2D eigenvalue weighted by Gasteiger charge is -2.33. The van der Waals surface area contributed by atoms with Gasteiger partial charge in [-0.1, -0.05) is 17.3 Å². The molecule has 6 nitrogen and oxygen atoms in total. The summed E-state index contributed by atoms with van der Waals surface area (Å²) in [6.07, 6.45) is 3.65. The number of halogens is 2. The van der Waals surface area contributed by atoms with Crippen molar-refractivity contribution in [3.05, 3.63) is 53.7 Å². The molecule has 142 valence electrons. The third-order valence-electron chi connectivity index (χ3n) is 4.40. The van der Waals surface area contributed by atoms with Gasteiger partial charge in [-0.25, -0.2) is 4.39 Å². The minimum absolute atomic E-state index is 0. The molecule has 1 aromatic carbocycles. The Morgan fingerprint density at radius 3 is 2.62 bits per heavy atom. The summed E-state index contributed by atoms with van der Waals surface area (Å²) in [5.41, 5.74) is 2.00. The zero-order valence-electron chi connectivity index (χ0n) is 14.8. The Morgan fingerprint density at radius 1 is 1.27 bits per heavy atom. The lowest BCUT2D eigenvalue weighted by Crippen LogP contribution is -2.48. The van der Waals surface area contributed by atoms with Gasteiger partial charge in [0.25, 0.3) is 0 Å². The van der Waals surface area contributed by atoms with Crippen LogP contribution in [-0.2, 0) is 13.1 Å². The van der Waals surface area contributed by atoms with Crippen LogP contribution in [0.1, 0.15) is 24.1 Å². The molecular formula is C18H25FIN5O. The van der Waals surface area contributed by atoms with E-state index in [1.54, 1.807) is 13.3 Å². The Bertz CT molecular complexity index is 669. The standard InChI is InChI=1S/C18H24FN5O.HI/c1-20-18(21-12-17-8-11-25-23-17)22-16-6-9-24(10-7-16)13-14-2-4-15(19)5-3-14;/h2-5,8,11,16H,6-7,9-10,12-13H2,1H3,(H2,20,21,22);1H. The molecule has 2 N–H and O–H groups in total. The molecule has 2 heterocycles. The fourth-order valence-corrected chi connectivity index (χ4v) is 2.97. The van der Waals surface area contributed by atoms with Gasteiger partial charge >= 0.3 is 0 Å². The van der Waals surface area contributed by atoms with Gasteiger partial charge in [0.05, 0.1) is 6.54 Å². The zero-order valence-corrected chi connectivity index (χ0v) is 17.2. The molecule has 0 bridgehead atoms. The second kappa shape index (κ2) is 10.5. The summed E-state index contributed by atoms with van der Waals surface area (Å²) in [7, 11) is 1.77. The highest BCUT2D eigenvalue weighted by molar-refractivity contribution is 14.0. The average molecular weight is 473 g/mol. The number of aromatic nitrogens is 1. The molecule has 0 atom stereocenters. The first-order valence-corrected chi connectivity index (χ1v) is 8.56. The van der Waals surface area contributed by atoms with Crippen LogP contribution in [0.15, 0.2) is 46.1 Å². The highest BCUT2D eigenvalue weighted by atomic mass is 127. The Morgan fingerprint density at radius 2 is 2.00 bits per heavy atom. The van der Waals surface area contributed by atoms with E-state index in [2.05, 4.69) is 25.7 Å². The van der Waals surface area contributed by atoms with E-state index in [1.165, 1.54) is 12.1 Å². The molecule has 26 heavy (non-hydrogen) atoms. The van der Waals surface area contributed by atoms with Crippen LogP contribution in [-0.4, -0.2) is 42.2 Å². The van der Waals surface area contributed by atoms with Crippen molar-refractivity contribution in [2.75, 3.05) is 20.1 Å². The van der Waals surface area contributed by atoms with Gasteiger partial charge < -0.3 is 15.2 Å². The van der Waals surface area contributed by atoms with Crippen molar-refractivity contribution in [1.29, 1.82) is 0 Å². The average Bonchev–Trinajstić information content (AvgIpc) is 3.15. The van der Waals surface area contributed by atoms with Crippen molar-refractivity contribution in [2.24, 2.45) is 4.99 Å². The molecule has 0 radical (unpaired) electrons. The van der Waals surface area contributed by atoms with E-state index in [9.17, 15) is 4.39 Å². The van der Waals surface area contributed by atoms with Crippen molar-refractivity contribution >= 4 is 29.9 Å². The Labute approximate surface area is 170 Å². The number of hydrogen-bond donors (Lipinski definition) is 2. The number of piperidine rings is 1. The molecule has 1 fully saturated rings. The summed E-state index contributed by atoms with van der Waals surface area (Å²) >= 11 is 0. The predicted molar refractivity (Wildman–Crippen MR) is 110 cm³/mol. The van der Waals surface area contributed by atoms with Gasteiger partial charge in [-0.05, 0) is 30.5 Å². The summed E-state index contributed by atoms with van der Waals surface area (Å²) in [6.45, 7) is 3.47. The molecule has 0 spiro atoms. The van der Waals surface area contributed by atoms with Gasteiger partial charge in [0.15, 0.2) is 5.96 Å². The smallest absolute Gasteiger partial charge is 0.191 e. The van der Waals surface area contributed by atoms with Crippen LogP contribution in [0.3, 0.4) is 0 Å². The number of likely N-dealkylation sites (tertiary alicyclic amines) is 1. The van der Waals surface area contributed by atoms with Crippen LogP contribution in [0.25, 0.3) is 0 Å². The topological polar surface area (TPSA) is 65.7 Å². The number of nitrogens with zero attached hydrogens (tertiary/aromatic N) is 3. The number of rotatable bonds is 5. The summed E-state index contributed by atoms with van der Waals surface area (Å²) < 4.78 is 17.8. The number of hydrogen-bond acceptors (Lipinski definition) is 4. The van der Waals surface area contributed by atoms with Gasteiger partial charge in [0, 0.05) is 38.8 Å². The van der Waals surface area contributed by atoms with Gasteiger partial charge in [-0.2, -0.15) is 0 Å². The van der Waals surface area contributed by atoms with Crippen LogP contribution in [0.4, 0.5) is 4.39 Å². The predicted octanol–water partition coefficient (Wildman–Crippen LogP) is 2.76. The molecule has 1 aliphatic rings. The van der Waals surface area contributed by atoms with Gasteiger partial charge in [-0.15, -0.1) is 24.0 Å². The van der Waals surface area contributed by atoms with E-state index >= 15 is 0 Å². The number of aliphatic imine (C=N–C) groups is 1. The minimum atomic E-state index is -0.184. The first kappa shape index (κ1) is 20.6. The SMILES string of the molecule is CN=C(NCc1ccon1)NC1CCN(Cc2ccc(F)cc2)CC1.I. The number of guanidine groups is 1. The molecular weight excluding hydrogens is 448 g/mol. The first-order valence-electron chi connectivity index (χ1n) is 8.56. The van der Waals surface area contributed by atoms with Gasteiger partial charge in [0.2, 0.25) is 0 Å². The third-order valence-corrected chi connectivity index (χ3v) is 4.40. The molecule has 0 aliphatic carbocycles. The Kier molecular flexibility index (Phi) is 8.30. The summed E-state index contributed by atoms with van der Waals surface area (Å²) in [5, 5.41) is 10.6. The van der Waals surface area contributed by atoms with Crippen molar-refractivity contribution in [2.45, 2.75) is 32.0 Å². The fraction of sp³-hybridized carbons (Fsp3) is 0.444. The molecule has 1 aromatic heterocycles. The molecule has 0 unspecified atom stereocenters. The number of nitrogens with one attached hydrogen (secondary N) is 2. The maximum atomic E-state index is 13.0. The summed E-state index contributed by atoms with van der Waals surface area (Å²) in [6, 6.07) is 8.98. The van der Waals surface area contributed by atoms with Crippen LogP contribution in [0.5, 0.6) is 0 Å². The second-order valence-corrected chi connectivity index (χ2v) is 6.24. The van der Waals surface area contributed by atoms with E-state index in [0.717, 1.165) is 49.7 Å². The van der Waals surface area contributed by atoms with Crippen molar-refractivity contribution < 1.29 is 8.91 Å². The maximum absolute atomic E-state index is 13.0. The summed E-state index contributed by atoms with van der Waals surface area (Å²) in [4.78, 5) is 6.66. The van der Waals surface area contributed by atoms with Crippen molar-refractivity contribution in [3.63, 3.8) is 0 Å². The largest absolute Gasteiger partial charge is 0.364 e. The summed E-state index contributed by atoms with van der Waals surface area (Å²) in [5.74, 6) is 0.594. The Balaban J connectivity index is 0.00000243. The molecule has 2 aromatic rings. The highest BCUT2D eigenvalue weighted by Crippen LogP contribution is 2.14. The van der Waals surface area contributed by atoms with Crippen LogP contribution in [0, 0.1) is 5.82 Å². The molecule has 3 rings (SSSR count). The van der Waals surface area contributed by atoms with Crippen LogP contribution < -0.4 is 10.6 Å². The van der Waals surface area contributed by atoms with Crippen molar-refractivity contribution in [3.8, 4) is 0 Å². The van der Waals surface area contributed by atoms with Crippen molar-refractivity contribution in [1.82, 2.24) is 20.7 Å². The Hall–Kier alpha value is -1.68. The van der Waals surface area contributed by atoms with Gasteiger partial charge in [0.1, 0.15) is 17.8 Å². The van der Waals surface area contributed by atoms with E-state index in [1.807, 2.05) is 18.2 Å². The molecule has 1 aliphatic heterocycles. The monoisotopic (exact) mass is 473 g/mol. The molecule has 8 heteroatoms. The van der Waals surface area contributed by atoms with Crippen LogP contribution >= 0.6 is 24.0 Å². The number of benzene rings is 1. The van der Waals surface area contributed by atoms with E-state index in [-0.39, 0.29) is 29.8 Å². The van der Waals surface area contributed by atoms with Crippen LogP contribution in [0.2, 0.25) is 0 Å². The fourth-order valence-electron chi connectivity index (χ4n) is 2.97. The minimum Gasteiger partial charge on any atom is -0.364 e. The van der Waals surface area contributed by atoms with E-state index in [4.69, 9.17) is 4.52 Å². The zero-order chi connectivity index (χ0) is 17.5. The molecule has 0 amide bonds.